The van der Waals surface area contributed by atoms with Crippen LogP contribution in [0.5, 0.6) is 0 Å². The van der Waals surface area contributed by atoms with Gasteiger partial charge in [-0.2, -0.15) is 0 Å². The van der Waals surface area contributed by atoms with Crippen molar-refractivity contribution in [3.05, 3.63) is 59.4 Å². The number of benzene rings is 1. The number of aromatic nitrogens is 3. The van der Waals surface area contributed by atoms with E-state index in [1.54, 1.807) is 18.3 Å². The van der Waals surface area contributed by atoms with E-state index in [1.807, 2.05) is 33.8 Å². The first kappa shape index (κ1) is 17.5. The highest BCUT2D eigenvalue weighted by Gasteiger charge is 2.33. The molecule has 4 nitrogen and oxygen atoms in total. The van der Waals surface area contributed by atoms with Crippen molar-refractivity contribution in [1.82, 2.24) is 15.0 Å². The molecule has 132 valence electrons. The summed E-state index contributed by atoms with van der Waals surface area (Å²) < 4.78 is 13.7. The van der Waals surface area contributed by atoms with Crippen molar-refractivity contribution in [2.24, 2.45) is 0 Å². The maximum absolute atomic E-state index is 13.7. The highest BCUT2D eigenvalue weighted by atomic mass is 19.1. The van der Waals surface area contributed by atoms with E-state index in [2.05, 4.69) is 15.0 Å². The van der Waals surface area contributed by atoms with Crippen LogP contribution in [0.15, 0.2) is 36.8 Å². The summed E-state index contributed by atoms with van der Waals surface area (Å²) in [4.78, 5) is 11.5. The summed E-state index contributed by atoms with van der Waals surface area (Å²) in [5.41, 5.74) is 3.25. The fourth-order valence-corrected chi connectivity index (χ4v) is 3.86. The van der Waals surface area contributed by atoms with Gasteiger partial charge in [-0.3, -0.25) is 0 Å². The van der Waals surface area contributed by atoms with Crippen LogP contribution in [-0.4, -0.2) is 25.7 Å². The monoisotopic (exact) mass is 341 g/mol. The molecule has 1 aromatic carbocycles. The average Bonchev–Trinajstić information content (AvgIpc) is 2.89. The van der Waals surface area contributed by atoms with Gasteiger partial charge in [0.15, 0.2) is 0 Å². The van der Waals surface area contributed by atoms with Gasteiger partial charge in [0.25, 0.3) is 0 Å². The Hall–Kier alpha value is -2.27. The summed E-state index contributed by atoms with van der Waals surface area (Å²) >= 11 is 0. The predicted molar refractivity (Wildman–Crippen MR) is 97.0 cm³/mol. The zero-order valence-corrected chi connectivity index (χ0v) is 15.1. The molecule has 0 aliphatic rings. The number of rotatable bonds is 5. The highest BCUT2D eigenvalue weighted by Crippen LogP contribution is 2.36. The number of halogens is 1. The van der Waals surface area contributed by atoms with Gasteiger partial charge in [-0.05, 0) is 55.0 Å². The van der Waals surface area contributed by atoms with Gasteiger partial charge >= 0.3 is 0 Å². The summed E-state index contributed by atoms with van der Waals surface area (Å²) in [5.74, 6) is -0.248. The van der Waals surface area contributed by atoms with Crippen molar-refractivity contribution < 1.29 is 9.50 Å². The van der Waals surface area contributed by atoms with Gasteiger partial charge in [0.1, 0.15) is 12.1 Å². The third-order valence-corrected chi connectivity index (χ3v) is 4.67. The van der Waals surface area contributed by atoms with Gasteiger partial charge in [-0.25, -0.2) is 14.4 Å². The molecule has 0 aliphatic heterocycles. The summed E-state index contributed by atoms with van der Waals surface area (Å²) in [6.45, 7) is 7.88. The normalized spacial score (nSPS) is 14.6. The zero-order chi connectivity index (χ0) is 18.2. The van der Waals surface area contributed by atoms with Crippen LogP contribution in [0.25, 0.3) is 11.0 Å². The Morgan fingerprint density at radius 3 is 2.68 bits per heavy atom. The first-order valence-corrected chi connectivity index (χ1v) is 8.43. The van der Waals surface area contributed by atoms with E-state index >= 15 is 0 Å². The molecule has 3 aromatic rings. The zero-order valence-electron chi connectivity index (χ0n) is 15.1. The largest absolute Gasteiger partial charge is 0.390 e. The fraction of sp³-hybridized carbons (Fsp3) is 0.400. The van der Waals surface area contributed by atoms with E-state index in [-0.39, 0.29) is 11.2 Å². The van der Waals surface area contributed by atoms with Crippen LogP contribution in [0.4, 0.5) is 4.39 Å². The summed E-state index contributed by atoms with van der Waals surface area (Å²) in [7, 11) is 0. The minimum absolute atomic E-state index is 0.248. The number of fused-ring (bicyclic) bond motifs is 1. The summed E-state index contributed by atoms with van der Waals surface area (Å²) in [6.07, 6.45) is 4.20. The second-order valence-electron chi connectivity index (χ2n) is 7.81. The maximum atomic E-state index is 13.7. The second-order valence-corrected chi connectivity index (χ2v) is 7.81. The Labute approximate surface area is 147 Å². The quantitative estimate of drug-likeness (QED) is 0.735. The third-order valence-electron chi connectivity index (χ3n) is 4.67. The van der Waals surface area contributed by atoms with Gasteiger partial charge in [0.2, 0.25) is 0 Å². The molecule has 0 saturated heterocycles. The molecule has 0 fully saturated rings. The minimum Gasteiger partial charge on any atom is -0.390 e. The molecule has 0 bridgehead atoms. The maximum Gasteiger partial charge on any atom is 0.123 e. The van der Waals surface area contributed by atoms with Crippen molar-refractivity contribution in [2.45, 2.75) is 51.6 Å². The molecule has 0 unspecified atom stereocenters. The molecule has 2 heterocycles. The van der Waals surface area contributed by atoms with Crippen molar-refractivity contribution >= 4 is 11.0 Å². The Morgan fingerprint density at radius 1 is 1.20 bits per heavy atom. The lowest BCUT2D eigenvalue weighted by Gasteiger charge is -2.35. The number of nitrogens with one attached hydrogen (secondary N) is 1. The van der Waals surface area contributed by atoms with Crippen LogP contribution in [0.3, 0.4) is 0 Å². The Balaban J connectivity index is 1.83. The SMILES string of the molecule is Cc1ccc(F)cc1C(C)(C)C[C@@](C)(O)Cc1cc2ncncc2[nH]1. The first-order valence-electron chi connectivity index (χ1n) is 8.43. The number of H-pyrrole nitrogens is 1. The topological polar surface area (TPSA) is 61.8 Å². The highest BCUT2D eigenvalue weighted by molar-refractivity contribution is 5.74. The Kier molecular flexibility index (Phi) is 4.37. The molecule has 2 N–H and O–H groups in total. The Bertz CT molecular complexity index is 866. The molecular formula is C20H24FN3O. The molecule has 1 atom stereocenters. The number of aliphatic hydroxyl groups is 1. The van der Waals surface area contributed by atoms with Crippen molar-refractivity contribution in [3.63, 3.8) is 0 Å². The van der Waals surface area contributed by atoms with Crippen molar-refractivity contribution in [1.29, 1.82) is 0 Å². The van der Waals surface area contributed by atoms with Crippen LogP contribution in [-0.2, 0) is 11.8 Å². The lowest BCUT2D eigenvalue weighted by Crippen LogP contribution is -2.36. The first-order chi connectivity index (χ1) is 11.7. The van der Waals surface area contributed by atoms with E-state index in [4.69, 9.17) is 0 Å². The number of nitrogens with zero attached hydrogens (tertiary/aromatic N) is 2. The fourth-order valence-electron chi connectivity index (χ4n) is 3.86. The number of hydrogen-bond donors (Lipinski definition) is 2. The molecule has 3 rings (SSSR count). The lowest BCUT2D eigenvalue weighted by molar-refractivity contribution is 0.0308. The number of aryl methyl sites for hydroxylation is 1. The molecular weight excluding hydrogens is 317 g/mol. The standard InChI is InChI=1S/C20H24FN3O/c1-13-5-6-14(21)7-16(13)19(2,3)11-20(4,25)9-15-8-17-18(24-15)10-22-12-23-17/h5-8,10,12,24-25H,9,11H2,1-4H3/t20-/m0/s1. The van der Waals surface area contributed by atoms with Gasteiger partial charge < -0.3 is 10.1 Å². The summed E-state index contributed by atoms with van der Waals surface area (Å²) in [6, 6.07) is 6.77. The van der Waals surface area contributed by atoms with Gasteiger partial charge in [0, 0.05) is 12.1 Å². The second kappa shape index (κ2) is 6.23. The van der Waals surface area contributed by atoms with E-state index in [1.165, 1.54) is 12.4 Å². The van der Waals surface area contributed by atoms with Gasteiger partial charge in [0.05, 0.1) is 22.8 Å². The van der Waals surface area contributed by atoms with Crippen LogP contribution < -0.4 is 0 Å². The molecule has 0 radical (unpaired) electrons. The van der Waals surface area contributed by atoms with Gasteiger partial charge in [-0.1, -0.05) is 19.9 Å². The van der Waals surface area contributed by atoms with Crippen molar-refractivity contribution in [2.75, 3.05) is 0 Å². The van der Waals surface area contributed by atoms with Gasteiger partial charge in [-0.15, -0.1) is 0 Å². The third kappa shape index (κ3) is 3.87. The smallest absolute Gasteiger partial charge is 0.123 e. The number of hydrogen-bond acceptors (Lipinski definition) is 3. The molecule has 5 heteroatoms. The molecule has 25 heavy (non-hydrogen) atoms. The van der Waals surface area contributed by atoms with Crippen LogP contribution in [0, 0.1) is 12.7 Å². The molecule has 0 amide bonds. The predicted octanol–water partition coefficient (Wildman–Crippen LogP) is 4.07. The van der Waals surface area contributed by atoms with E-state index in [0.29, 0.717) is 12.8 Å². The van der Waals surface area contributed by atoms with E-state index in [9.17, 15) is 9.50 Å². The Morgan fingerprint density at radius 2 is 1.96 bits per heavy atom. The van der Waals surface area contributed by atoms with Crippen LogP contribution >= 0.6 is 0 Å². The summed E-state index contributed by atoms with van der Waals surface area (Å²) in [5, 5.41) is 11.0. The molecule has 0 aliphatic carbocycles. The van der Waals surface area contributed by atoms with Crippen molar-refractivity contribution in [3.8, 4) is 0 Å². The molecule has 0 saturated carbocycles. The lowest BCUT2D eigenvalue weighted by atomic mass is 9.73. The minimum atomic E-state index is -0.948. The van der Waals surface area contributed by atoms with E-state index in [0.717, 1.165) is 27.9 Å². The van der Waals surface area contributed by atoms with Crippen LogP contribution in [0.1, 0.15) is 44.0 Å². The molecule has 2 aromatic heterocycles. The van der Waals surface area contributed by atoms with Crippen LogP contribution in [0.2, 0.25) is 0 Å². The van der Waals surface area contributed by atoms with E-state index < -0.39 is 5.60 Å². The average molecular weight is 341 g/mol. The number of aromatic amines is 1. The molecule has 0 spiro atoms.